The summed E-state index contributed by atoms with van der Waals surface area (Å²) >= 11 is 0. The van der Waals surface area contributed by atoms with Gasteiger partial charge in [-0.05, 0) is 68.6 Å². The van der Waals surface area contributed by atoms with E-state index in [1.165, 1.54) is 18.4 Å². The van der Waals surface area contributed by atoms with Gasteiger partial charge in [0, 0.05) is 0 Å². The van der Waals surface area contributed by atoms with Crippen molar-refractivity contribution in [3.8, 4) is 0 Å². The predicted molar refractivity (Wildman–Crippen MR) is 92.5 cm³/mol. The lowest BCUT2D eigenvalue weighted by molar-refractivity contribution is -0.0740. The number of hydrogen-bond acceptors (Lipinski definition) is 2. The largest absolute Gasteiger partial charge is 0.389 e. The van der Waals surface area contributed by atoms with Crippen molar-refractivity contribution in [2.45, 2.75) is 78.4 Å². The maximum Gasteiger partial charge on any atom is 0.0797 e. The molecule has 0 aromatic heterocycles. The molecule has 6 atom stereocenters. The van der Waals surface area contributed by atoms with Crippen LogP contribution in [-0.2, 0) is 0 Å². The molecule has 0 saturated heterocycles. The number of allylic oxidation sites excluding steroid dienone is 1. The first-order valence-electron chi connectivity index (χ1n) is 8.78. The summed E-state index contributed by atoms with van der Waals surface area (Å²) in [6, 6.07) is 0. The summed E-state index contributed by atoms with van der Waals surface area (Å²) < 4.78 is 0. The van der Waals surface area contributed by atoms with Crippen LogP contribution in [0.3, 0.4) is 0 Å². The molecule has 2 N–H and O–H groups in total. The lowest BCUT2D eigenvalue weighted by atomic mass is 9.46. The lowest BCUT2D eigenvalue weighted by Gasteiger charge is -2.59. The van der Waals surface area contributed by atoms with Crippen LogP contribution in [0.4, 0.5) is 0 Å². The van der Waals surface area contributed by atoms with Crippen LogP contribution in [0.25, 0.3) is 0 Å². The molecule has 0 aliphatic heterocycles. The van der Waals surface area contributed by atoms with Gasteiger partial charge in [0.05, 0.1) is 11.7 Å². The summed E-state index contributed by atoms with van der Waals surface area (Å²) in [5.74, 6) is 1.09. The van der Waals surface area contributed by atoms with Gasteiger partial charge in [0.2, 0.25) is 0 Å². The fourth-order valence-electron chi connectivity index (χ4n) is 4.93. The monoisotopic (exact) mass is 306 g/mol. The first-order chi connectivity index (χ1) is 10.0. The Morgan fingerprint density at radius 1 is 1.45 bits per heavy atom. The fourth-order valence-corrected chi connectivity index (χ4v) is 4.93. The van der Waals surface area contributed by atoms with Crippen molar-refractivity contribution in [3.63, 3.8) is 0 Å². The molecule has 0 spiro atoms. The number of hydrogen-bond donors (Lipinski definition) is 2. The van der Waals surface area contributed by atoms with E-state index in [4.69, 9.17) is 0 Å². The van der Waals surface area contributed by atoms with Crippen molar-refractivity contribution in [2.75, 3.05) is 0 Å². The second-order valence-corrected chi connectivity index (χ2v) is 8.63. The molecule has 22 heavy (non-hydrogen) atoms. The molecule has 0 heterocycles. The maximum absolute atomic E-state index is 10.3. The molecule has 0 aromatic carbocycles. The van der Waals surface area contributed by atoms with E-state index in [-0.39, 0.29) is 16.9 Å². The molecule has 2 aliphatic carbocycles. The summed E-state index contributed by atoms with van der Waals surface area (Å²) in [5, 5.41) is 20.6. The third kappa shape index (κ3) is 2.92. The summed E-state index contributed by atoms with van der Waals surface area (Å²) in [7, 11) is 0. The highest BCUT2D eigenvalue weighted by molar-refractivity contribution is 5.23. The van der Waals surface area contributed by atoms with Crippen LogP contribution in [0.15, 0.2) is 24.3 Å². The zero-order valence-corrected chi connectivity index (χ0v) is 15.0. The Hall–Kier alpha value is -0.600. The minimum absolute atomic E-state index is 0.149. The van der Waals surface area contributed by atoms with E-state index in [0.29, 0.717) is 11.8 Å². The van der Waals surface area contributed by atoms with Crippen LogP contribution in [0.5, 0.6) is 0 Å². The maximum atomic E-state index is 10.3. The summed E-state index contributed by atoms with van der Waals surface area (Å²) in [6.45, 7) is 14.9. The molecule has 2 heteroatoms. The fraction of sp³-hybridized carbons (Fsp3) is 0.800. The molecule has 0 radical (unpaired) electrons. The van der Waals surface area contributed by atoms with Crippen LogP contribution in [0.1, 0.15) is 66.7 Å². The number of aliphatic hydroxyl groups excluding tert-OH is 1. The Balaban J connectivity index is 2.32. The van der Waals surface area contributed by atoms with Crippen LogP contribution in [0.2, 0.25) is 0 Å². The van der Waals surface area contributed by atoms with Gasteiger partial charge in [-0.25, -0.2) is 0 Å². The van der Waals surface area contributed by atoms with Crippen molar-refractivity contribution < 1.29 is 10.2 Å². The van der Waals surface area contributed by atoms with Crippen LogP contribution >= 0.6 is 0 Å². The molecule has 0 aromatic rings. The molecular weight excluding hydrogens is 272 g/mol. The van der Waals surface area contributed by atoms with E-state index in [0.717, 1.165) is 19.3 Å². The van der Waals surface area contributed by atoms with Gasteiger partial charge in [-0.15, -0.1) is 6.58 Å². The Morgan fingerprint density at radius 3 is 2.68 bits per heavy atom. The van der Waals surface area contributed by atoms with E-state index in [2.05, 4.69) is 40.3 Å². The smallest absolute Gasteiger partial charge is 0.0797 e. The van der Waals surface area contributed by atoms with E-state index in [1.54, 1.807) is 6.08 Å². The summed E-state index contributed by atoms with van der Waals surface area (Å²) in [4.78, 5) is 0. The second-order valence-electron chi connectivity index (χ2n) is 8.63. The van der Waals surface area contributed by atoms with E-state index >= 15 is 0 Å². The summed E-state index contributed by atoms with van der Waals surface area (Å²) in [5.41, 5.74) is 0.899. The minimum Gasteiger partial charge on any atom is -0.389 e. The van der Waals surface area contributed by atoms with Gasteiger partial charge < -0.3 is 10.2 Å². The van der Waals surface area contributed by atoms with Crippen molar-refractivity contribution in [3.05, 3.63) is 24.3 Å². The van der Waals surface area contributed by atoms with Crippen LogP contribution in [-0.4, -0.2) is 21.9 Å². The van der Waals surface area contributed by atoms with Gasteiger partial charge in [-0.1, -0.05) is 38.5 Å². The highest BCUT2D eigenvalue weighted by atomic mass is 16.3. The van der Waals surface area contributed by atoms with Crippen molar-refractivity contribution in [1.29, 1.82) is 0 Å². The SMILES string of the molecule is C=C[C@@](C)(O)CC[C@]1(C)[C@H](C)CC[C@]2(C)C(C)=C[C@@H](O)C[C@H]12. The Labute approximate surface area is 136 Å². The Kier molecular flexibility index (Phi) is 4.68. The van der Waals surface area contributed by atoms with Gasteiger partial charge in [0.1, 0.15) is 0 Å². The van der Waals surface area contributed by atoms with Gasteiger partial charge >= 0.3 is 0 Å². The molecule has 2 nitrogen and oxygen atoms in total. The van der Waals surface area contributed by atoms with Crippen molar-refractivity contribution >= 4 is 0 Å². The zero-order valence-electron chi connectivity index (χ0n) is 15.0. The molecule has 1 saturated carbocycles. The van der Waals surface area contributed by atoms with Gasteiger partial charge in [0.25, 0.3) is 0 Å². The molecule has 0 amide bonds. The van der Waals surface area contributed by atoms with E-state index in [9.17, 15) is 10.2 Å². The van der Waals surface area contributed by atoms with Crippen LogP contribution in [0, 0.1) is 22.7 Å². The van der Waals surface area contributed by atoms with Gasteiger partial charge in [-0.2, -0.15) is 0 Å². The Morgan fingerprint density at radius 2 is 2.09 bits per heavy atom. The Bertz CT molecular complexity index is 464. The van der Waals surface area contributed by atoms with Crippen molar-refractivity contribution in [1.82, 2.24) is 0 Å². The molecule has 0 bridgehead atoms. The third-order valence-electron chi connectivity index (χ3n) is 7.22. The highest BCUT2D eigenvalue weighted by Gasteiger charge is 2.54. The number of fused-ring (bicyclic) bond motifs is 1. The van der Waals surface area contributed by atoms with Gasteiger partial charge in [0.15, 0.2) is 0 Å². The van der Waals surface area contributed by atoms with Crippen LogP contribution < -0.4 is 0 Å². The minimum atomic E-state index is -0.797. The lowest BCUT2D eigenvalue weighted by Crippen LogP contribution is -2.52. The number of rotatable bonds is 4. The second kappa shape index (κ2) is 5.79. The van der Waals surface area contributed by atoms with Crippen molar-refractivity contribution in [2.24, 2.45) is 22.7 Å². The molecule has 1 fully saturated rings. The zero-order chi connectivity index (χ0) is 16.8. The standard InChI is InChI=1S/C20H34O2/c1-7-18(4,22)10-11-20(6)14(2)8-9-19(5)15(3)12-16(21)13-17(19)20/h7,12,14,16-17,21-22H,1,8-11,13H2,2-6H3/t14-,16-,17+,18-,19-,20-/m1/s1. The summed E-state index contributed by atoms with van der Waals surface area (Å²) in [6.07, 6.45) is 8.41. The predicted octanol–water partition coefficient (Wildman–Crippen LogP) is 4.47. The van der Waals surface area contributed by atoms with E-state index < -0.39 is 5.60 Å². The molecular formula is C20H34O2. The molecule has 0 unspecified atom stereocenters. The first-order valence-corrected chi connectivity index (χ1v) is 8.78. The van der Waals surface area contributed by atoms with Gasteiger partial charge in [-0.3, -0.25) is 0 Å². The normalized spacial score (nSPS) is 44.7. The molecule has 126 valence electrons. The average molecular weight is 306 g/mol. The molecule has 2 aliphatic rings. The van der Waals surface area contributed by atoms with E-state index in [1.807, 2.05) is 6.92 Å². The quantitative estimate of drug-likeness (QED) is 0.752. The third-order valence-corrected chi connectivity index (χ3v) is 7.22. The molecule has 2 rings (SSSR count). The average Bonchev–Trinajstić information content (AvgIpc) is 2.45. The first kappa shape index (κ1) is 17.7. The number of aliphatic hydroxyl groups is 2. The topological polar surface area (TPSA) is 40.5 Å². The highest BCUT2D eigenvalue weighted by Crippen LogP contribution is 2.62.